The van der Waals surface area contributed by atoms with Gasteiger partial charge in [0.25, 0.3) is 5.91 Å². The summed E-state index contributed by atoms with van der Waals surface area (Å²) in [6, 6.07) is 3.55. The first-order chi connectivity index (χ1) is 14.7. The fourth-order valence-electron chi connectivity index (χ4n) is 5.38. The van der Waals surface area contributed by atoms with Crippen LogP contribution in [0.2, 0.25) is 10.0 Å². The number of anilines is 1. The van der Waals surface area contributed by atoms with Crippen molar-refractivity contribution in [3.63, 3.8) is 0 Å². The van der Waals surface area contributed by atoms with E-state index in [0.29, 0.717) is 15.7 Å². The maximum Gasteiger partial charge on any atom is 0.330 e. The van der Waals surface area contributed by atoms with Crippen LogP contribution in [0.3, 0.4) is 0 Å². The number of likely N-dealkylation sites (tertiary alicyclic amines) is 1. The van der Waals surface area contributed by atoms with E-state index in [2.05, 4.69) is 5.32 Å². The highest BCUT2D eigenvalue weighted by molar-refractivity contribution is 6.35. The smallest absolute Gasteiger partial charge is 0.330 e. The number of nitrogens with one attached hydrogen (secondary N) is 1. The standard InChI is InChI=1S/C22H24Cl2N2O5/c1-10(2)19(26-20(28)17-11-3-4-12(7-11)18(17)21(26)29)22(30)31-9-16(27)25-15-8-13(23)5-6-14(15)24/h5-6,8,10-12,17-19H,3-4,7,9H2,1-2H3,(H,25,27)/t11-,12-,17+,18+,19+/m0/s1. The second-order valence-corrected chi connectivity index (χ2v) is 9.74. The maximum atomic E-state index is 13.1. The molecule has 2 saturated carbocycles. The number of nitrogens with zero attached hydrogens (tertiary/aromatic N) is 1. The minimum absolute atomic E-state index is 0.230. The number of amides is 3. The van der Waals surface area contributed by atoms with Gasteiger partial charge in [0.15, 0.2) is 6.61 Å². The molecular formula is C22H24Cl2N2O5. The van der Waals surface area contributed by atoms with Crippen molar-refractivity contribution in [3.8, 4) is 0 Å². The molecule has 7 nitrogen and oxygen atoms in total. The molecule has 4 rings (SSSR count). The van der Waals surface area contributed by atoms with Gasteiger partial charge < -0.3 is 10.1 Å². The number of benzene rings is 1. The molecule has 1 aliphatic heterocycles. The molecule has 0 spiro atoms. The molecule has 166 valence electrons. The van der Waals surface area contributed by atoms with Crippen molar-refractivity contribution >= 4 is 52.6 Å². The molecular weight excluding hydrogens is 443 g/mol. The zero-order valence-corrected chi connectivity index (χ0v) is 18.8. The van der Waals surface area contributed by atoms with E-state index in [-0.39, 0.29) is 41.4 Å². The average molecular weight is 467 g/mol. The molecule has 0 aromatic heterocycles. The Balaban J connectivity index is 1.42. The summed E-state index contributed by atoms with van der Waals surface area (Å²) in [6.07, 6.45) is 2.84. The number of fused-ring (bicyclic) bond motifs is 5. The van der Waals surface area contributed by atoms with Gasteiger partial charge >= 0.3 is 5.97 Å². The van der Waals surface area contributed by atoms with Gasteiger partial charge in [-0.3, -0.25) is 19.3 Å². The molecule has 1 aromatic rings. The van der Waals surface area contributed by atoms with E-state index in [1.807, 2.05) is 0 Å². The summed E-state index contributed by atoms with van der Waals surface area (Å²) in [5.41, 5.74) is 0.295. The molecule has 31 heavy (non-hydrogen) atoms. The van der Waals surface area contributed by atoms with Crippen LogP contribution >= 0.6 is 23.2 Å². The molecule has 3 amide bonds. The first kappa shape index (κ1) is 22.1. The van der Waals surface area contributed by atoms with Crippen LogP contribution in [0, 0.1) is 29.6 Å². The summed E-state index contributed by atoms with van der Waals surface area (Å²) >= 11 is 11.9. The SMILES string of the molecule is CC(C)[C@H](C(=O)OCC(=O)Nc1cc(Cl)ccc1Cl)N1C(=O)[C@@H]2[C@H]3CC[C@@H](C3)[C@H]2C1=O. The minimum atomic E-state index is -1.05. The lowest BCUT2D eigenvalue weighted by Crippen LogP contribution is -2.50. The number of hydrogen-bond acceptors (Lipinski definition) is 5. The van der Waals surface area contributed by atoms with E-state index in [9.17, 15) is 19.2 Å². The Bertz CT molecular complexity index is 922. The molecule has 3 aliphatic rings. The molecule has 1 saturated heterocycles. The topological polar surface area (TPSA) is 92.8 Å². The Morgan fingerprint density at radius 2 is 1.74 bits per heavy atom. The zero-order valence-electron chi connectivity index (χ0n) is 17.3. The maximum absolute atomic E-state index is 13.1. The highest BCUT2D eigenvalue weighted by Gasteiger charge is 2.62. The highest BCUT2D eigenvalue weighted by Crippen LogP contribution is 2.56. The van der Waals surface area contributed by atoms with Gasteiger partial charge in [-0.15, -0.1) is 0 Å². The minimum Gasteiger partial charge on any atom is -0.454 e. The number of carbonyl (C=O) groups is 4. The lowest BCUT2D eigenvalue weighted by atomic mass is 9.81. The first-order valence-electron chi connectivity index (χ1n) is 10.5. The van der Waals surface area contributed by atoms with Crippen LogP contribution < -0.4 is 5.32 Å². The van der Waals surface area contributed by atoms with Crippen LogP contribution in [0.5, 0.6) is 0 Å². The number of rotatable bonds is 6. The number of carbonyl (C=O) groups excluding carboxylic acids is 4. The van der Waals surface area contributed by atoms with Gasteiger partial charge in [-0.2, -0.15) is 0 Å². The van der Waals surface area contributed by atoms with Gasteiger partial charge in [0.1, 0.15) is 6.04 Å². The van der Waals surface area contributed by atoms with E-state index in [1.165, 1.54) is 12.1 Å². The van der Waals surface area contributed by atoms with Gasteiger partial charge in [-0.25, -0.2) is 4.79 Å². The lowest BCUT2D eigenvalue weighted by Gasteiger charge is -2.28. The zero-order chi connectivity index (χ0) is 22.4. The van der Waals surface area contributed by atoms with Gasteiger partial charge in [0.05, 0.1) is 22.5 Å². The fraction of sp³-hybridized carbons (Fsp3) is 0.545. The molecule has 3 fully saturated rings. The molecule has 5 atom stereocenters. The van der Waals surface area contributed by atoms with Gasteiger partial charge in [0, 0.05) is 5.02 Å². The van der Waals surface area contributed by atoms with E-state index >= 15 is 0 Å². The predicted octanol–water partition coefficient (Wildman–Crippen LogP) is 3.53. The van der Waals surface area contributed by atoms with Crippen molar-refractivity contribution in [2.45, 2.75) is 39.2 Å². The van der Waals surface area contributed by atoms with E-state index in [0.717, 1.165) is 24.2 Å². The van der Waals surface area contributed by atoms with Crippen LogP contribution in [0.4, 0.5) is 5.69 Å². The van der Waals surface area contributed by atoms with E-state index in [4.69, 9.17) is 27.9 Å². The van der Waals surface area contributed by atoms with Gasteiger partial charge in [-0.05, 0) is 55.2 Å². The van der Waals surface area contributed by atoms with Gasteiger partial charge in [0.2, 0.25) is 11.8 Å². The van der Waals surface area contributed by atoms with E-state index < -0.39 is 24.5 Å². The Morgan fingerprint density at radius 3 is 2.32 bits per heavy atom. The van der Waals surface area contributed by atoms with Crippen molar-refractivity contribution in [2.24, 2.45) is 29.6 Å². The number of ether oxygens (including phenoxy) is 1. The summed E-state index contributed by atoms with van der Waals surface area (Å²) in [5, 5.41) is 3.22. The quantitative estimate of drug-likeness (QED) is 0.511. The second kappa shape index (κ2) is 8.43. The summed E-state index contributed by atoms with van der Waals surface area (Å²) in [6.45, 7) is 2.93. The molecule has 1 heterocycles. The number of imide groups is 1. The number of halogens is 2. The van der Waals surface area contributed by atoms with Crippen molar-refractivity contribution in [3.05, 3.63) is 28.2 Å². The summed E-state index contributed by atoms with van der Waals surface area (Å²) in [4.78, 5) is 52.3. The van der Waals surface area contributed by atoms with Crippen LogP contribution in [0.15, 0.2) is 18.2 Å². The Morgan fingerprint density at radius 1 is 1.13 bits per heavy atom. The summed E-state index contributed by atoms with van der Waals surface area (Å²) in [7, 11) is 0. The average Bonchev–Trinajstić information content (AvgIpc) is 3.39. The van der Waals surface area contributed by atoms with Crippen molar-refractivity contribution < 1.29 is 23.9 Å². The molecule has 0 unspecified atom stereocenters. The molecule has 2 aliphatic carbocycles. The van der Waals surface area contributed by atoms with Crippen molar-refractivity contribution in [1.82, 2.24) is 4.90 Å². The Labute approximate surface area is 190 Å². The number of esters is 1. The molecule has 1 aromatic carbocycles. The molecule has 0 radical (unpaired) electrons. The van der Waals surface area contributed by atoms with Crippen molar-refractivity contribution in [1.29, 1.82) is 0 Å². The monoisotopic (exact) mass is 466 g/mol. The fourth-order valence-corrected chi connectivity index (χ4v) is 5.72. The molecule has 9 heteroatoms. The Kier molecular flexibility index (Phi) is 6.01. The highest BCUT2D eigenvalue weighted by atomic mass is 35.5. The first-order valence-corrected chi connectivity index (χ1v) is 11.2. The number of hydrogen-bond donors (Lipinski definition) is 1. The Hall–Kier alpha value is -2.12. The molecule has 1 N–H and O–H groups in total. The largest absolute Gasteiger partial charge is 0.454 e. The lowest BCUT2D eigenvalue weighted by molar-refractivity contribution is -0.162. The molecule has 2 bridgehead atoms. The second-order valence-electron chi connectivity index (χ2n) is 8.90. The van der Waals surface area contributed by atoms with Crippen LogP contribution in [-0.4, -0.2) is 41.2 Å². The van der Waals surface area contributed by atoms with Crippen molar-refractivity contribution in [2.75, 3.05) is 11.9 Å². The van der Waals surface area contributed by atoms with Crippen LogP contribution in [-0.2, 0) is 23.9 Å². The normalized spacial score (nSPS) is 27.6. The van der Waals surface area contributed by atoms with Crippen LogP contribution in [0.25, 0.3) is 0 Å². The van der Waals surface area contributed by atoms with E-state index in [1.54, 1.807) is 19.9 Å². The summed E-state index contributed by atoms with van der Waals surface area (Å²) < 4.78 is 5.20. The third-order valence-corrected chi connectivity index (χ3v) is 7.23. The van der Waals surface area contributed by atoms with Gasteiger partial charge in [-0.1, -0.05) is 37.0 Å². The summed E-state index contributed by atoms with van der Waals surface area (Å²) in [5.74, 6) is -2.42. The predicted molar refractivity (Wildman–Crippen MR) is 114 cm³/mol. The third kappa shape index (κ3) is 3.94. The third-order valence-electron chi connectivity index (χ3n) is 6.66. The van der Waals surface area contributed by atoms with Crippen LogP contribution in [0.1, 0.15) is 33.1 Å².